The number of aromatic nitrogens is 1. The highest BCUT2D eigenvalue weighted by Crippen LogP contribution is 2.23. The highest BCUT2D eigenvalue weighted by atomic mass is 35.5. The van der Waals surface area contributed by atoms with Gasteiger partial charge in [0, 0.05) is 38.9 Å². The summed E-state index contributed by atoms with van der Waals surface area (Å²) < 4.78 is 0. The number of piperazine rings is 1. The van der Waals surface area contributed by atoms with Crippen LogP contribution in [0, 0.1) is 5.92 Å². The maximum absolute atomic E-state index is 12.5. The van der Waals surface area contributed by atoms with Crippen molar-refractivity contribution in [2.24, 2.45) is 5.92 Å². The predicted molar refractivity (Wildman–Crippen MR) is 102 cm³/mol. The van der Waals surface area contributed by atoms with Gasteiger partial charge < -0.3 is 10.2 Å². The minimum Gasteiger partial charge on any atom is -0.354 e. The number of nitrogens with one attached hydrogen (secondary N) is 1. The molecule has 1 N–H and O–H groups in total. The molecular formula is C19H29ClN4O. The molecule has 138 valence electrons. The summed E-state index contributed by atoms with van der Waals surface area (Å²) in [5, 5.41) is 3.84. The van der Waals surface area contributed by atoms with Gasteiger partial charge in [-0.3, -0.25) is 9.69 Å². The number of rotatable bonds is 5. The van der Waals surface area contributed by atoms with Crippen molar-refractivity contribution < 1.29 is 4.79 Å². The summed E-state index contributed by atoms with van der Waals surface area (Å²) >= 11 is 5.90. The van der Waals surface area contributed by atoms with Gasteiger partial charge in [-0.15, -0.1) is 0 Å². The molecule has 1 aliphatic heterocycles. The summed E-state index contributed by atoms with van der Waals surface area (Å²) in [5.41, 5.74) is 0. The average Bonchev–Trinajstić information content (AvgIpc) is 2.67. The fourth-order valence-corrected chi connectivity index (χ4v) is 3.95. The van der Waals surface area contributed by atoms with Crippen LogP contribution in [-0.4, -0.2) is 54.6 Å². The minimum absolute atomic E-state index is 0.0658. The third kappa shape index (κ3) is 5.08. The van der Waals surface area contributed by atoms with Gasteiger partial charge in [0.05, 0.1) is 11.1 Å². The zero-order valence-corrected chi connectivity index (χ0v) is 15.8. The van der Waals surface area contributed by atoms with Gasteiger partial charge in [0.15, 0.2) is 0 Å². The van der Waals surface area contributed by atoms with Gasteiger partial charge >= 0.3 is 0 Å². The maximum atomic E-state index is 12.5. The smallest absolute Gasteiger partial charge is 0.237 e. The molecule has 1 aromatic heterocycles. The van der Waals surface area contributed by atoms with Crippen LogP contribution in [0.3, 0.4) is 0 Å². The van der Waals surface area contributed by atoms with Crippen LogP contribution >= 0.6 is 11.6 Å². The summed E-state index contributed by atoms with van der Waals surface area (Å²) in [6.45, 7) is 6.39. The summed E-state index contributed by atoms with van der Waals surface area (Å²) in [6.07, 6.45) is 8.20. The molecule has 6 heteroatoms. The number of amides is 1. The molecule has 5 nitrogen and oxygen atoms in total. The average molecular weight is 365 g/mol. The van der Waals surface area contributed by atoms with Crippen molar-refractivity contribution >= 4 is 23.3 Å². The Hall–Kier alpha value is -1.33. The van der Waals surface area contributed by atoms with E-state index < -0.39 is 0 Å². The Morgan fingerprint density at radius 2 is 1.96 bits per heavy atom. The number of nitrogens with zero attached hydrogens (tertiary/aromatic N) is 3. The van der Waals surface area contributed by atoms with Crippen LogP contribution in [0.5, 0.6) is 0 Å². The van der Waals surface area contributed by atoms with Crippen molar-refractivity contribution in [3.63, 3.8) is 0 Å². The number of anilines is 1. The summed E-state index contributed by atoms with van der Waals surface area (Å²) in [6, 6.07) is 3.76. The summed E-state index contributed by atoms with van der Waals surface area (Å²) in [4.78, 5) is 21.4. The number of hydrogen-bond donors (Lipinski definition) is 1. The molecule has 1 atom stereocenters. The van der Waals surface area contributed by atoms with Gasteiger partial charge in [0.2, 0.25) is 5.91 Å². The van der Waals surface area contributed by atoms with E-state index in [4.69, 9.17) is 11.6 Å². The van der Waals surface area contributed by atoms with Crippen molar-refractivity contribution in [2.45, 2.75) is 45.1 Å². The van der Waals surface area contributed by atoms with E-state index in [1.807, 2.05) is 19.1 Å². The lowest BCUT2D eigenvalue weighted by Crippen LogP contribution is -2.54. The molecule has 1 saturated carbocycles. The molecule has 0 aromatic carbocycles. The first-order chi connectivity index (χ1) is 12.1. The first kappa shape index (κ1) is 18.5. The van der Waals surface area contributed by atoms with Crippen LogP contribution in [0.1, 0.15) is 39.0 Å². The number of hydrogen-bond acceptors (Lipinski definition) is 4. The fourth-order valence-electron chi connectivity index (χ4n) is 3.84. The van der Waals surface area contributed by atoms with Gasteiger partial charge in [-0.05, 0) is 37.8 Å². The minimum atomic E-state index is -0.0658. The Morgan fingerprint density at radius 3 is 2.60 bits per heavy atom. The molecule has 1 aromatic rings. The standard InChI is InChI=1S/C19H29ClN4O/c1-15(19(25)22-13-16-5-3-2-4-6-16)23-9-11-24(12-10-23)18-8-7-17(20)14-21-18/h7-8,14-16H,2-6,9-13H2,1H3,(H,22,25). The largest absolute Gasteiger partial charge is 0.354 e. The topological polar surface area (TPSA) is 48.5 Å². The Morgan fingerprint density at radius 1 is 1.24 bits per heavy atom. The van der Waals surface area contributed by atoms with Crippen LogP contribution in [0.15, 0.2) is 18.3 Å². The molecule has 0 bridgehead atoms. The van der Waals surface area contributed by atoms with E-state index in [9.17, 15) is 4.79 Å². The van der Waals surface area contributed by atoms with E-state index in [1.165, 1.54) is 32.1 Å². The summed E-state index contributed by atoms with van der Waals surface area (Å²) in [7, 11) is 0. The lowest BCUT2D eigenvalue weighted by atomic mass is 9.89. The second-order valence-electron chi connectivity index (χ2n) is 7.28. The molecule has 1 unspecified atom stereocenters. The van der Waals surface area contributed by atoms with Gasteiger partial charge in [-0.25, -0.2) is 4.98 Å². The quantitative estimate of drug-likeness (QED) is 0.872. The summed E-state index contributed by atoms with van der Waals surface area (Å²) in [5.74, 6) is 1.81. The number of pyridine rings is 1. The van der Waals surface area contributed by atoms with Crippen LogP contribution in [0.2, 0.25) is 5.02 Å². The molecule has 1 amide bonds. The van der Waals surface area contributed by atoms with Crippen LogP contribution in [-0.2, 0) is 4.79 Å². The Bertz CT molecular complexity index is 551. The van der Waals surface area contributed by atoms with Crippen molar-refractivity contribution in [3.8, 4) is 0 Å². The number of carbonyl (C=O) groups excluding carboxylic acids is 1. The lowest BCUT2D eigenvalue weighted by Gasteiger charge is -2.38. The molecule has 0 radical (unpaired) electrons. The molecular weight excluding hydrogens is 336 g/mol. The van der Waals surface area contributed by atoms with Gasteiger partial charge in [-0.1, -0.05) is 30.9 Å². The van der Waals surface area contributed by atoms with E-state index >= 15 is 0 Å². The normalized spacial score (nSPS) is 21.1. The third-order valence-electron chi connectivity index (χ3n) is 5.57. The first-order valence-electron chi connectivity index (χ1n) is 9.52. The van der Waals surface area contributed by atoms with Gasteiger partial charge in [0.1, 0.15) is 5.82 Å². The molecule has 2 heterocycles. The van der Waals surface area contributed by atoms with E-state index in [0.29, 0.717) is 10.9 Å². The highest BCUT2D eigenvalue weighted by molar-refractivity contribution is 6.30. The maximum Gasteiger partial charge on any atom is 0.237 e. The SMILES string of the molecule is CC(C(=O)NCC1CCCCC1)N1CCN(c2ccc(Cl)cn2)CC1. The molecule has 3 rings (SSSR count). The highest BCUT2D eigenvalue weighted by Gasteiger charge is 2.26. The van der Waals surface area contributed by atoms with Gasteiger partial charge in [-0.2, -0.15) is 0 Å². The van der Waals surface area contributed by atoms with Crippen molar-refractivity contribution in [2.75, 3.05) is 37.6 Å². The first-order valence-corrected chi connectivity index (χ1v) is 9.89. The van der Waals surface area contributed by atoms with Crippen LogP contribution in [0.4, 0.5) is 5.82 Å². The molecule has 2 fully saturated rings. The van der Waals surface area contributed by atoms with Crippen molar-refractivity contribution in [1.29, 1.82) is 0 Å². The monoisotopic (exact) mass is 364 g/mol. The van der Waals surface area contributed by atoms with E-state index in [-0.39, 0.29) is 11.9 Å². The third-order valence-corrected chi connectivity index (χ3v) is 5.79. The van der Waals surface area contributed by atoms with Crippen molar-refractivity contribution in [1.82, 2.24) is 15.2 Å². The zero-order valence-electron chi connectivity index (χ0n) is 15.1. The van der Waals surface area contributed by atoms with Crippen molar-refractivity contribution in [3.05, 3.63) is 23.4 Å². The Labute approximate surface area is 155 Å². The number of carbonyl (C=O) groups is 1. The fraction of sp³-hybridized carbons (Fsp3) is 0.684. The zero-order chi connectivity index (χ0) is 17.6. The molecule has 1 aliphatic carbocycles. The van der Waals surface area contributed by atoms with E-state index in [0.717, 1.165) is 38.5 Å². The van der Waals surface area contributed by atoms with Crippen LogP contribution in [0.25, 0.3) is 0 Å². The molecule has 25 heavy (non-hydrogen) atoms. The Kier molecular flexibility index (Phi) is 6.54. The Balaban J connectivity index is 1.43. The number of halogens is 1. The second kappa shape index (κ2) is 8.86. The second-order valence-corrected chi connectivity index (χ2v) is 7.72. The van der Waals surface area contributed by atoms with E-state index in [2.05, 4.69) is 20.1 Å². The molecule has 1 saturated heterocycles. The molecule has 0 spiro atoms. The van der Waals surface area contributed by atoms with E-state index in [1.54, 1.807) is 6.20 Å². The van der Waals surface area contributed by atoms with Crippen LogP contribution < -0.4 is 10.2 Å². The predicted octanol–water partition coefficient (Wildman–Crippen LogP) is 2.94. The van der Waals surface area contributed by atoms with Gasteiger partial charge in [0.25, 0.3) is 0 Å². The lowest BCUT2D eigenvalue weighted by molar-refractivity contribution is -0.126. The molecule has 2 aliphatic rings.